The molecule has 0 aromatic heterocycles. The molecular weight excluding hydrogens is 246 g/mol. The number of aliphatic hydroxyl groups excluding tert-OH is 1. The van der Waals surface area contributed by atoms with Gasteiger partial charge < -0.3 is 15.2 Å². The molecule has 2 N–H and O–H groups in total. The van der Waals surface area contributed by atoms with E-state index < -0.39 is 0 Å². The Balaban J connectivity index is 2.22. The third-order valence-electron chi connectivity index (χ3n) is 2.51. The number of nitrogens with one attached hydrogen (secondary N) is 1. The van der Waals surface area contributed by atoms with Crippen LogP contribution in [0.2, 0.25) is 0 Å². The van der Waals surface area contributed by atoms with Crippen LogP contribution in [0.1, 0.15) is 30.1 Å². The highest BCUT2D eigenvalue weighted by atomic mass is 16.5. The van der Waals surface area contributed by atoms with E-state index in [0.717, 1.165) is 0 Å². The zero-order valence-electron chi connectivity index (χ0n) is 11.0. The van der Waals surface area contributed by atoms with Gasteiger partial charge in [0.05, 0.1) is 13.2 Å². The van der Waals surface area contributed by atoms with Gasteiger partial charge in [0.15, 0.2) is 5.78 Å². The van der Waals surface area contributed by atoms with Gasteiger partial charge in [-0.15, -0.1) is 0 Å². The minimum atomic E-state index is -0.0930. The number of amides is 1. The van der Waals surface area contributed by atoms with E-state index in [0.29, 0.717) is 30.8 Å². The van der Waals surface area contributed by atoms with Crippen LogP contribution >= 0.6 is 0 Å². The average molecular weight is 265 g/mol. The zero-order valence-corrected chi connectivity index (χ0v) is 11.0. The minimum absolute atomic E-state index is 0.0205. The second-order valence-electron chi connectivity index (χ2n) is 4.11. The van der Waals surface area contributed by atoms with Gasteiger partial charge in [-0.1, -0.05) is 0 Å². The number of aliphatic hydroxyl groups is 1. The highest BCUT2D eigenvalue weighted by molar-refractivity contribution is 5.94. The van der Waals surface area contributed by atoms with Crippen LogP contribution in [-0.2, 0) is 4.79 Å². The van der Waals surface area contributed by atoms with Crippen LogP contribution in [0.4, 0.5) is 0 Å². The fourth-order valence-electron chi connectivity index (χ4n) is 1.49. The van der Waals surface area contributed by atoms with Gasteiger partial charge in [-0.05, 0) is 37.6 Å². The Bertz CT molecular complexity index is 414. The lowest BCUT2D eigenvalue weighted by molar-refractivity contribution is -0.121. The maximum Gasteiger partial charge on any atom is 0.220 e. The van der Waals surface area contributed by atoms with Gasteiger partial charge in [0.25, 0.3) is 0 Å². The third-order valence-corrected chi connectivity index (χ3v) is 2.51. The van der Waals surface area contributed by atoms with Gasteiger partial charge in [-0.3, -0.25) is 9.59 Å². The predicted octanol–water partition coefficient (Wildman–Crippen LogP) is 1.16. The number of hydrogen-bond acceptors (Lipinski definition) is 4. The molecule has 0 aliphatic heterocycles. The van der Waals surface area contributed by atoms with Crippen molar-refractivity contribution < 1.29 is 19.4 Å². The summed E-state index contributed by atoms with van der Waals surface area (Å²) in [4.78, 5) is 22.3. The summed E-state index contributed by atoms with van der Waals surface area (Å²) in [5.41, 5.74) is 0.649. The van der Waals surface area contributed by atoms with Gasteiger partial charge in [0.2, 0.25) is 5.91 Å². The molecule has 0 atom stereocenters. The van der Waals surface area contributed by atoms with E-state index in [1.807, 2.05) is 0 Å². The van der Waals surface area contributed by atoms with E-state index in [9.17, 15) is 9.59 Å². The molecule has 0 spiro atoms. The maximum absolute atomic E-state index is 11.2. The first-order valence-electron chi connectivity index (χ1n) is 6.25. The summed E-state index contributed by atoms with van der Waals surface area (Å²) in [6.07, 6.45) is 0.969. The molecule has 0 bridgehead atoms. The summed E-state index contributed by atoms with van der Waals surface area (Å²) < 4.78 is 5.45. The molecule has 1 amide bonds. The van der Waals surface area contributed by atoms with Crippen molar-refractivity contribution in [2.75, 3.05) is 19.8 Å². The van der Waals surface area contributed by atoms with Crippen molar-refractivity contribution >= 4 is 11.7 Å². The molecule has 0 aliphatic carbocycles. The fourth-order valence-corrected chi connectivity index (χ4v) is 1.49. The Morgan fingerprint density at radius 2 is 1.95 bits per heavy atom. The van der Waals surface area contributed by atoms with Crippen LogP contribution in [0.15, 0.2) is 24.3 Å². The third kappa shape index (κ3) is 6.01. The SMILES string of the molecule is CC(=O)c1ccc(OCCCC(=O)NCCO)cc1. The highest BCUT2D eigenvalue weighted by Gasteiger charge is 2.02. The lowest BCUT2D eigenvalue weighted by Gasteiger charge is -2.07. The highest BCUT2D eigenvalue weighted by Crippen LogP contribution is 2.12. The molecule has 5 nitrogen and oxygen atoms in total. The smallest absolute Gasteiger partial charge is 0.220 e. The fraction of sp³-hybridized carbons (Fsp3) is 0.429. The summed E-state index contributed by atoms with van der Waals surface area (Å²) in [5.74, 6) is 0.609. The maximum atomic E-state index is 11.2. The topological polar surface area (TPSA) is 75.6 Å². The number of ketones is 1. The second kappa shape index (κ2) is 8.26. The Hall–Kier alpha value is -1.88. The normalized spacial score (nSPS) is 10.0. The van der Waals surface area contributed by atoms with Crippen LogP contribution in [0.5, 0.6) is 5.75 Å². The molecule has 19 heavy (non-hydrogen) atoms. The summed E-state index contributed by atoms with van der Waals surface area (Å²) >= 11 is 0. The molecule has 0 unspecified atom stereocenters. The summed E-state index contributed by atoms with van der Waals surface area (Å²) in [5, 5.41) is 11.1. The summed E-state index contributed by atoms with van der Waals surface area (Å²) in [6, 6.07) is 6.91. The first-order chi connectivity index (χ1) is 9.13. The van der Waals surface area contributed by atoms with Gasteiger partial charge in [0, 0.05) is 18.5 Å². The number of carbonyl (C=O) groups excluding carboxylic acids is 2. The number of rotatable bonds is 8. The Labute approximate surface area is 112 Å². The summed E-state index contributed by atoms with van der Waals surface area (Å²) in [7, 11) is 0. The molecule has 0 aliphatic rings. The molecule has 1 aromatic carbocycles. The predicted molar refractivity (Wildman–Crippen MR) is 71.3 cm³/mol. The molecule has 5 heteroatoms. The summed E-state index contributed by atoms with van der Waals surface area (Å²) in [6.45, 7) is 2.18. The molecule has 1 rings (SSSR count). The van der Waals surface area contributed by atoms with E-state index >= 15 is 0 Å². The van der Waals surface area contributed by atoms with Gasteiger partial charge in [-0.2, -0.15) is 0 Å². The number of ether oxygens (including phenoxy) is 1. The van der Waals surface area contributed by atoms with E-state index in [1.54, 1.807) is 24.3 Å². The monoisotopic (exact) mass is 265 g/mol. The van der Waals surface area contributed by atoms with Crippen molar-refractivity contribution in [3.63, 3.8) is 0 Å². The first kappa shape index (κ1) is 15.2. The molecule has 0 radical (unpaired) electrons. The average Bonchev–Trinajstić information content (AvgIpc) is 2.41. The van der Waals surface area contributed by atoms with Crippen molar-refractivity contribution in [2.24, 2.45) is 0 Å². The van der Waals surface area contributed by atoms with E-state index in [2.05, 4.69) is 5.32 Å². The standard InChI is InChI=1S/C14H19NO4/c1-11(17)12-4-6-13(7-5-12)19-10-2-3-14(18)15-8-9-16/h4-7,16H,2-3,8-10H2,1H3,(H,15,18). The van der Waals surface area contributed by atoms with Crippen molar-refractivity contribution in [1.29, 1.82) is 0 Å². The van der Waals surface area contributed by atoms with Crippen LogP contribution in [0, 0.1) is 0 Å². The molecule has 0 heterocycles. The van der Waals surface area contributed by atoms with Crippen LogP contribution in [0.25, 0.3) is 0 Å². The largest absolute Gasteiger partial charge is 0.494 e. The second-order valence-corrected chi connectivity index (χ2v) is 4.11. The number of benzene rings is 1. The van der Waals surface area contributed by atoms with E-state index in [4.69, 9.17) is 9.84 Å². The molecule has 0 saturated carbocycles. The quantitative estimate of drug-likeness (QED) is 0.546. The van der Waals surface area contributed by atoms with Crippen LogP contribution < -0.4 is 10.1 Å². The Morgan fingerprint density at radius 1 is 1.26 bits per heavy atom. The Morgan fingerprint density at radius 3 is 2.53 bits per heavy atom. The van der Waals surface area contributed by atoms with Crippen LogP contribution in [0.3, 0.4) is 0 Å². The molecular formula is C14H19NO4. The molecule has 104 valence electrons. The molecule has 0 saturated heterocycles. The minimum Gasteiger partial charge on any atom is -0.494 e. The number of hydrogen-bond donors (Lipinski definition) is 2. The number of Topliss-reactive ketones (excluding diaryl/α,β-unsaturated/α-hetero) is 1. The zero-order chi connectivity index (χ0) is 14.1. The molecule has 1 aromatic rings. The van der Waals surface area contributed by atoms with Crippen molar-refractivity contribution in [3.8, 4) is 5.75 Å². The lowest BCUT2D eigenvalue weighted by atomic mass is 10.1. The number of carbonyl (C=O) groups is 2. The van der Waals surface area contributed by atoms with Crippen molar-refractivity contribution in [1.82, 2.24) is 5.32 Å². The van der Waals surface area contributed by atoms with Gasteiger partial charge >= 0.3 is 0 Å². The van der Waals surface area contributed by atoms with E-state index in [1.165, 1.54) is 6.92 Å². The van der Waals surface area contributed by atoms with E-state index in [-0.39, 0.29) is 24.8 Å². The first-order valence-corrected chi connectivity index (χ1v) is 6.25. The van der Waals surface area contributed by atoms with Gasteiger partial charge in [0.1, 0.15) is 5.75 Å². The van der Waals surface area contributed by atoms with Gasteiger partial charge in [-0.25, -0.2) is 0 Å². The Kier molecular flexibility index (Phi) is 6.60. The van der Waals surface area contributed by atoms with Crippen molar-refractivity contribution in [3.05, 3.63) is 29.8 Å². The lowest BCUT2D eigenvalue weighted by Crippen LogP contribution is -2.26. The van der Waals surface area contributed by atoms with Crippen LogP contribution in [-0.4, -0.2) is 36.6 Å². The molecule has 0 fully saturated rings. The van der Waals surface area contributed by atoms with Crippen molar-refractivity contribution in [2.45, 2.75) is 19.8 Å².